The Balaban J connectivity index is 1.52. The van der Waals surface area contributed by atoms with Crippen molar-refractivity contribution in [3.63, 3.8) is 0 Å². The molecule has 0 unspecified atom stereocenters. The second-order valence-electron chi connectivity index (χ2n) is 6.95. The summed E-state index contributed by atoms with van der Waals surface area (Å²) in [6, 6.07) is 11.4. The maximum Gasteiger partial charge on any atom is 0.309 e. The molecule has 3 aromatic rings. The van der Waals surface area contributed by atoms with Crippen LogP contribution in [-0.4, -0.2) is 35.6 Å². The van der Waals surface area contributed by atoms with E-state index in [0.717, 1.165) is 48.2 Å². The summed E-state index contributed by atoms with van der Waals surface area (Å²) in [6.45, 7) is 3.82. The van der Waals surface area contributed by atoms with Gasteiger partial charge in [-0.25, -0.2) is 9.37 Å². The number of hydrogen-bond acceptors (Lipinski definition) is 5. The van der Waals surface area contributed by atoms with Crippen molar-refractivity contribution in [3.8, 4) is 11.1 Å². The average molecular weight is 379 g/mol. The second-order valence-corrected chi connectivity index (χ2v) is 6.95. The molecule has 0 bridgehead atoms. The third kappa shape index (κ3) is 3.67. The van der Waals surface area contributed by atoms with Gasteiger partial charge in [0, 0.05) is 30.2 Å². The van der Waals surface area contributed by atoms with Crippen molar-refractivity contribution in [2.45, 2.75) is 19.8 Å². The summed E-state index contributed by atoms with van der Waals surface area (Å²) in [7, 11) is 0. The van der Waals surface area contributed by atoms with Gasteiger partial charge in [0.25, 0.3) is 0 Å². The zero-order valence-corrected chi connectivity index (χ0v) is 15.8. The predicted octanol–water partition coefficient (Wildman–Crippen LogP) is 4.22. The number of pyridine rings is 2. The first-order valence-electron chi connectivity index (χ1n) is 9.58. The molecule has 3 heterocycles. The van der Waals surface area contributed by atoms with E-state index in [-0.39, 0.29) is 17.7 Å². The highest BCUT2D eigenvalue weighted by atomic mass is 19.1. The summed E-state index contributed by atoms with van der Waals surface area (Å²) < 4.78 is 19.1. The molecule has 4 rings (SSSR count). The van der Waals surface area contributed by atoms with Gasteiger partial charge in [-0.1, -0.05) is 6.07 Å². The fraction of sp³-hybridized carbons (Fsp3) is 0.318. The number of halogens is 1. The topological polar surface area (TPSA) is 55.3 Å². The summed E-state index contributed by atoms with van der Waals surface area (Å²) in [4.78, 5) is 22.7. The van der Waals surface area contributed by atoms with E-state index in [4.69, 9.17) is 9.72 Å². The highest BCUT2D eigenvalue weighted by molar-refractivity contribution is 5.85. The number of fused-ring (bicyclic) bond motifs is 1. The van der Waals surface area contributed by atoms with Crippen LogP contribution in [0.2, 0.25) is 0 Å². The molecule has 0 amide bonds. The molecule has 0 atom stereocenters. The molecule has 0 spiro atoms. The lowest BCUT2D eigenvalue weighted by molar-refractivity contribution is -0.148. The Morgan fingerprint density at radius 1 is 1.21 bits per heavy atom. The van der Waals surface area contributed by atoms with Crippen molar-refractivity contribution in [1.29, 1.82) is 0 Å². The molecular formula is C22H22FN3O2. The Kier molecular flexibility index (Phi) is 5.19. The van der Waals surface area contributed by atoms with Gasteiger partial charge in [-0.15, -0.1) is 0 Å². The number of carbonyl (C=O) groups excluding carboxylic acids is 1. The highest BCUT2D eigenvalue weighted by Crippen LogP contribution is 2.28. The smallest absolute Gasteiger partial charge is 0.309 e. The van der Waals surface area contributed by atoms with E-state index < -0.39 is 0 Å². The standard InChI is InChI=1S/C22H22FN3O2/c1-2-28-22(27)15-8-11-26(12-9-15)21-6-4-17-13-16(3-5-20(17)25-21)18-7-10-24-14-19(18)23/h3-7,10,13-15H,2,8-9,11-12H2,1H3. The number of piperidine rings is 1. The van der Waals surface area contributed by atoms with Crippen LogP contribution in [0.3, 0.4) is 0 Å². The SMILES string of the molecule is CCOC(=O)C1CCN(c2ccc3cc(-c4ccncc4F)ccc3n2)CC1. The Morgan fingerprint density at radius 2 is 2.04 bits per heavy atom. The first kappa shape index (κ1) is 18.3. The fourth-order valence-corrected chi connectivity index (χ4v) is 3.67. The van der Waals surface area contributed by atoms with Crippen molar-refractivity contribution in [2.75, 3.05) is 24.6 Å². The normalized spacial score (nSPS) is 15.0. The number of esters is 1. The number of ether oxygens (including phenoxy) is 1. The third-order valence-electron chi connectivity index (χ3n) is 5.20. The van der Waals surface area contributed by atoms with Gasteiger partial charge < -0.3 is 9.64 Å². The Bertz CT molecular complexity index is 1000. The lowest BCUT2D eigenvalue weighted by Gasteiger charge is -2.31. The van der Waals surface area contributed by atoms with Gasteiger partial charge >= 0.3 is 5.97 Å². The van der Waals surface area contributed by atoms with Gasteiger partial charge in [-0.3, -0.25) is 9.78 Å². The number of rotatable bonds is 4. The van der Waals surface area contributed by atoms with Crippen LogP contribution in [0, 0.1) is 11.7 Å². The van der Waals surface area contributed by atoms with E-state index in [2.05, 4.69) is 9.88 Å². The number of nitrogens with zero attached hydrogens (tertiary/aromatic N) is 3. The Morgan fingerprint density at radius 3 is 2.79 bits per heavy atom. The molecule has 28 heavy (non-hydrogen) atoms. The molecule has 1 aliphatic heterocycles. The van der Waals surface area contributed by atoms with Gasteiger partial charge in [0.05, 0.1) is 24.2 Å². The van der Waals surface area contributed by atoms with Crippen LogP contribution in [0.4, 0.5) is 10.2 Å². The van der Waals surface area contributed by atoms with Crippen molar-refractivity contribution < 1.29 is 13.9 Å². The molecule has 5 nitrogen and oxygen atoms in total. The van der Waals surface area contributed by atoms with E-state index in [1.54, 1.807) is 12.3 Å². The maximum atomic E-state index is 14.0. The van der Waals surface area contributed by atoms with Crippen LogP contribution in [0.25, 0.3) is 22.0 Å². The fourth-order valence-electron chi connectivity index (χ4n) is 3.67. The summed E-state index contributed by atoms with van der Waals surface area (Å²) in [5.74, 6) is 0.451. The number of carbonyl (C=O) groups is 1. The first-order valence-corrected chi connectivity index (χ1v) is 9.58. The Hall–Kier alpha value is -3.02. The van der Waals surface area contributed by atoms with Crippen LogP contribution < -0.4 is 4.90 Å². The number of benzene rings is 1. The number of hydrogen-bond donors (Lipinski definition) is 0. The van der Waals surface area contributed by atoms with Crippen LogP contribution in [0.1, 0.15) is 19.8 Å². The molecule has 2 aromatic heterocycles. The molecule has 6 heteroatoms. The summed E-state index contributed by atoms with van der Waals surface area (Å²) in [5.41, 5.74) is 2.20. The molecule has 0 saturated carbocycles. The van der Waals surface area contributed by atoms with Crippen molar-refractivity contribution in [2.24, 2.45) is 5.92 Å². The molecule has 0 aliphatic carbocycles. The van der Waals surface area contributed by atoms with Crippen LogP contribution >= 0.6 is 0 Å². The molecule has 1 aliphatic rings. The maximum absolute atomic E-state index is 14.0. The molecule has 1 fully saturated rings. The van der Waals surface area contributed by atoms with Gasteiger partial charge in [0.1, 0.15) is 11.6 Å². The van der Waals surface area contributed by atoms with Gasteiger partial charge in [-0.2, -0.15) is 0 Å². The highest BCUT2D eigenvalue weighted by Gasteiger charge is 2.26. The van der Waals surface area contributed by atoms with Gasteiger partial charge in [-0.05, 0) is 55.7 Å². The van der Waals surface area contributed by atoms with E-state index in [1.165, 1.54) is 6.20 Å². The van der Waals surface area contributed by atoms with Crippen molar-refractivity contribution >= 4 is 22.7 Å². The minimum absolute atomic E-state index is 0.0190. The number of anilines is 1. The minimum atomic E-state index is -0.337. The first-order chi connectivity index (χ1) is 13.7. The quantitative estimate of drug-likeness (QED) is 0.636. The minimum Gasteiger partial charge on any atom is -0.466 e. The zero-order valence-electron chi connectivity index (χ0n) is 15.8. The largest absolute Gasteiger partial charge is 0.466 e. The molecule has 1 aromatic carbocycles. The summed E-state index contributed by atoms with van der Waals surface area (Å²) in [6.07, 6.45) is 4.36. The molecule has 144 valence electrons. The van der Waals surface area contributed by atoms with E-state index >= 15 is 0 Å². The van der Waals surface area contributed by atoms with Crippen LogP contribution in [0.5, 0.6) is 0 Å². The monoisotopic (exact) mass is 379 g/mol. The average Bonchev–Trinajstić information content (AvgIpc) is 2.74. The third-order valence-corrected chi connectivity index (χ3v) is 5.20. The van der Waals surface area contributed by atoms with Crippen LogP contribution in [-0.2, 0) is 9.53 Å². The molecule has 0 radical (unpaired) electrons. The molecule has 1 saturated heterocycles. The number of aromatic nitrogens is 2. The second kappa shape index (κ2) is 7.92. The molecule has 0 N–H and O–H groups in total. The van der Waals surface area contributed by atoms with Crippen LogP contribution in [0.15, 0.2) is 48.8 Å². The van der Waals surface area contributed by atoms with E-state index in [1.807, 2.05) is 37.3 Å². The van der Waals surface area contributed by atoms with Crippen molar-refractivity contribution in [3.05, 3.63) is 54.6 Å². The summed E-state index contributed by atoms with van der Waals surface area (Å²) in [5, 5.41) is 0.957. The predicted molar refractivity (Wildman–Crippen MR) is 107 cm³/mol. The van der Waals surface area contributed by atoms with E-state index in [9.17, 15) is 9.18 Å². The van der Waals surface area contributed by atoms with Gasteiger partial charge in [0.15, 0.2) is 0 Å². The Labute approximate surface area is 163 Å². The molecular weight excluding hydrogens is 357 g/mol. The lowest BCUT2D eigenvalue weighted by atomic mass is 9.97. The lowest BCUT2D eigenvalue weighted by Crippen LogP contribution is -2.37. The van der Waals surface area contributed by atoms with E-state index in [0.29, 0.717) is 12.2 Å². The van der Waals surface area contributed by atoms with Crippen molar-refractivity contribution in [1.82, 2.24) is 9.97 Å². The summed E-state index contributed by atoms with van der Waals surface area (Å²) >= 11 is 0. The zero-order chi connectivity index (χ0) is 19.5. The van der Waals surface area contributed by atoms with Gasteiger partial charge in [0.2, 0.25) is 0 Å².